The van der Waals surface area contributed by atoms with Crippen molar-refractivity contribution < 1.29 is 9.90 Å². The van der Waals surface area contributed by atoms with Crippen LogP contribution in [0.5, 0.6) is 0 Å². The van der Waals surface area contributed by atoms with Gasteiger partial charge < -0.3 is 14.6 Å². The van der Waals surface area contributed by atoms with Crippen LogP contribution in [0.15, 0.2) is 23.1 Å². The Bertz CT molecular complexity index is 495. The van der Waals surface area contributed by atoms with Crippen molar-refractivity contribution in [2.24, 2.45) is 0 Å². The van der Waals surface area contributed by atoms with E-state index in [0.717, 1.165) is 12.8 Å². The van der Waals surface area contributed by atoms with Gasteiger partial charge in [0.15, 0.2) is 0 Å². The molecule has 1 aliphatic heterocycles. The zero-order chi connectivity index (χ0) is 13.1. The van der Waals surface area contributed by atoms with Crippen molar-refractivity contribution in [1.29, 1.82) is 0 Å². The van der Waals surface area contributed by atoms with E-state index in [9.17, 15) is 14.7 Å². The first kappa shape index (κ1) is 12.8. The lowest BCUT2D eigenvalue weighted by Gasteiger charge is -2.30. The highest BCUT2D eigenvalue weighted by Crippen LogP contribution is 2.10. The molecule has 1 aliphatic rings. The first-order valence-electron chi connectivity index (χ1n) is 6.20. The number of likely N-dealkylation sites (tertiary alicyclic amines) is 1. The molecule has 1 atom stereocenters. The molecular weight excluding hydrogens is 232 g/mol. The van der Waals surface area contributed by atoms with Crippen molar-refractivity contribution >= 4 is 5.91 Å². The number of aliphatic hydroxyl groups is 1. The second kappa shape index (κ2) is 5.35. The summed E-state index contributed by atoms with van der Waals surface area (Å²) in [6, 6.07) is 3.49. The van der Waals surface area contributed by atoms with Gasteiger partial charge in [-0.2, -0.15) is 0 Å². The minimum absolute atomic E-state index is 0.0488. The number of rotatable bonds is 2. The average molecular weight is 250 g/mol. The van der Waals surface area contributed by atoms with Crippen molar-refractivity contribution in [2.75, 3.05) is 13.1 Å². The third-order valence-corrected chi connectivity index (χ3v) is 3.27. The molecule has 1 aromatic heterocycles. The van der Waals surface area contributed by atoms with Gasteiger partial charge in [-0.3, -0.25) is 9.59 Å². The van der Waals surface area contributed by atoms with Crippen molar-refractivity contribution in [3.63, 3.8) is 0 Å². The number of pyridine rings is 1. The summed E-state index contributed by atoms with van der Waals surface area (Å²) in [6.45, 7) is 2.82. The Kier molecular flexibility index (Phi) is 3.81. The van der Waals surface area contributed by atoms with Gasteiger partial charge in [-0.15, -0.1) is 0 Å². The Morgan fingerprint density at radius 2 is 2.33 bits per heavy atom. The quantitative estimate of drug-likeness (QED) is 0.812. The smallest absolute Gasteiger partial charge is 0.253 e. The van der Waals surface area contributed by atoms with Crippen molar-refractivity contribution in [3.8, 4) is 0 Å². The van der Waals surface area contributed by atoms with Gasteiger partial charge in [0.2, 0.25) is 5.91 Å². The summed E-state index contributed by atoms with van der Waals surface area (Å²) in [4.78, 5) is 25.5. The number of carbonyl (C=O) groups is 1. The number of aromatic nitrogens is 1. The molecule has 0 aromatic carbocycles. The fraction of sp³-hybridized carbons (Fsp3) is 0.538. The van der Waals surface area contributed by atoms with E-state index in [1.165, 1.54) is 4.57 Å². The Hall–Kier alpha value is -1.62. The molecule has 18 heavy (non-hydrogen) atoms. The molecule has 0 aliphatic carbocycles. The maximum Gasteiger partial charge on any atom is 0.253 e. The van der Waals surface area contributed by atoms with E-state index < -0.39 is 6.10 Å². The molecule has 0 spiro atoms. The first-order valence-corrected chi connectivity index (χ1v) is 6.20. The van der Waals surface area contributed by atoms with E-state index in [1.54, 1.807) is 30.2 Å². The van der Waals surface area contributed by atoms with Crippen LogP contribution in [0.3, 0.4) is 0 Å². The molecule has 5 nitrogen and oxygen atoms in total. The van der Waals surface area contributed by atoms with Crippen LogP contribution in [0.1, 0.15) is 18.4 Å². The molecule has 0 radical (unpaired) electrons. The van der Waals surface area contributed by atoms with Crippen LogP contribution in [-0.4, -0.2) is 39.7 Å². The van der Waals surface area contributed by atoms with Crippen LogP contribution in [0, 0.1) is 6.92 Å². The summed E-state index contributed by atoms with van der Waals surface area (Å²) < 4.78 is 1.42. The molecule has 0 saturated carbocycles. The second-order valence-corrected chi connectivity index (χ2v) is 4.76. The summed E-state index contributed by atoms with van der Waals surface area (Å²) in [5, 5.41) is 9.53. The van der Waals surface area contributed by atoms with Gasteiger partial charge in [0.25, 0.3) is 5.56 Å². The standard InChI is InChI=1S/C13H18N2O3/c1-10-4-2-7-15(13(10)18)9-12(17)14-6-3-5-11(16)8-14/h2,4,7,11,16H,3,5-6,8-9H2,1H3. The fourth-order valence-corrected chi connectivity index (χ4v) is 2.21. The van der Waals surface area contributed by atoms with E-state index in [0.29, 0.717) is 18.7 Å². The number of hydrogen-bond acceptors (Lipinski definition) is 3. The lowest BCUT2D eigenvalue weighted by atomic mass is 10.1. The van der Waals surface area contributed by atoms with Crippen LogP contribution < -0.4 is 5.56 Å². The van der Waals surface area contributed by atoms with Crippen LogP contribution in [0.4, 0.5) is 0 Å². The molecule has 0 bridgehead atoms. The molecule has 98 valence electrons. The number of β-amino-alcohol motifs (C(OH)–C–C–N with tert-alkyl or cyclic N) is 1. The summed E-state index contributed by atoms with van der Waals surface area (Å²) >= 11 is 0. The molecule has 1 amide bonds. The van der Waals surface area contributed by atoms with Crippen molar-refractivity contribution in [2.45, 2.75) is 32.4 Å². The van der Waals surface area contributed by atoms with Gasteiger partial charge in [-0.1, -0.05) is 6.07 Å². The lowest BCUT2D eigenvalue weighted by molar-refractivity contribution is -0.134. The van der Waals surface area contributed by atoms with Gasteiger partial charge in [0, 0.05) is 24.8 Å². The molecule has 1 saturated heterocycles. The number of amides is 1. The van der Waals surface area contributed by atoms with Gasteiger partial charge in [0.05, 0.1) is 6.10 Å². The number of aryl methyl sites for hydroxylation is 1. The van der Waals surface area contributed by atoms with Crippen LogP contribution in [0.25, 0.3) is 0 Å². The minimum Gasteiger partial charge on any atom is -0.391 e. The number of carbonyl (C=O) groups excluding carboxylic acids is 1. The van der Waals surface area contributed by atoms with E-state index >= 15 is 0 Å². The maximum atomic E-state index is 12.0. The lowest BCUT2D eigenvalue weighted by Crippen LogP contribution is -2.44. The highest BCUT2D eigenvalue weighted by atomic mass is 16.3. The number of aliphatic hydroxyl groups excluding tert-OH is 1. The Labute approximate surface area is 106 Å². The van der Waals surface area contributed by atoms with E-state index in [1.807, 2.05) is 0 Å². The highest BCUT2D eigenvalue weighted by Gasteiger charge is 2.22. The number of piperidine rings is 1. The van der Waals surface area contributed by atoms with E-state index in [2.05, 4.69) is 0 Å². The number of nitrogens with zero attached hydrogens (tertiary/aromatic N) is 2. The van der Waals surface area contributed by atoms with Crippen LogP contribution >= 0.6 is 0 Å². The Morgan fingerprint density at radius 3 is 3.06 bits per heavy atom. The average Bonchev–Trinajstić information content (AvgIpc) is 2.35. The first-order chi connectivity index (χ1) is 8.58. The second-order valence-electron chi connectivity index (χ2n) is 4.76. The summed E-state index contributed by atoms with van der Waals surface area (Å²) in [5.41, 5.74) is 0.493. The van der Waals surface area contributed by atoms with Crippen molar-refractivity contribution in [3.05, 3.63) is 34.2 Å². The van der Waals surface area contributed by atoms with Gasteiger partial charge in [0.1, 0.15) is 6.54 Å². The predicted molar refractivity (Wildman–Crippen MR) is 67.3 cm³/mol. The highest BCUT2D eigenvalue weighted by molar-refractivity contribution is 5.76. The van der Waals surface area contributed by atoms with Crippen molar-refractivity contribution in [1.82, 2.24) is 9.47 Å². The molecule has 1 N–H and O–H groups in total. The Balaban J connectivity index is 2.07. The summed E-state index contributed by atoms with van der Waals surface area (Å²) in [7, 11) is 0. The normalized spacial score (nSPS) is 19.9. The Morgan fingerprint density at radius 1 is 1.56 bits per heavy atom. The fourth-order valence-electron chi connectivity index (χ4n) is 2.21. The maximum absolute atomic E-state index is 12.0. The predicted octanol–water partition coefficient (Wildman–Crippen LogP) is 0.140. The van der Waals surface area contributed by atoms with Crippen LogP contribution in [-0.2, 0) is 11.3 Å². The molecule has 1 unspecified atom stereocenters. The SMILES string of the molecule is Cc1cccn(CC(=O)N2CCCC(O)C2)c1=O. The zero-order valence-corrected chi connectivity index (χ0v) is 10.5. The molecule has 5 heteroatoms. The topological polar surface area (TPSA) is 62.5 Å². The largest absolute Gasteiger partial charge is 0.391 e. The van der Waals surface area contributed by atoms with E-state index in [-0.39, 0.29) is 18.0 Å². The van der Waals surface area contributed by atoms with Crippen LogP contribution in [0.2, 0.25) is 0 Å². The molecule has 1 aromatic rings. The van der Waals surface area contributed by atoms with Gasteiger partial charge in [-0.25, -0.2) is 0 Å². The number of hydrogen-bond donors (Lipinski definition) is 1. The molecule has 1 fully saturated rings. The van der Waals surface area contributed by atoms with E-state index in [4.69, 9.17) is 0 Å². The minimum atomic E-state index is -0.433. The van der Waals surface area contributed by atoms with Gasteiger partial charge in [-0.05, 0) is 25.8 Å². The third-order valence-electron chi connectivity index (χ3n) is 3.27. The summed E-state index contributed by atoms with van der Waals surface area (Å²) in [6.07, 6.45) is 2.74. The third kappa shape index (κ3) is 2.79. The molecular formula is C13H18N2O3. The summed E-state index contributed by atoms with van der Waals surface area (Å²) in [5.74, 6) is -0.110. The molecule has 2 rings (SSSR count). The van der Waals surface area contributed by atoms with Gasteiger partial charge >= 0.3 is 0 Å². The molecule has 2 heterocycles. The monoisotopic (exact) mass is 250 g/mol. The zero-order valence-electron chi connectivity index (χ0n) is 10.5.